The summed E-state index contributed by atoms with van der Waals surface area (Å²) < 4.78 is 31.7. The van der Waals surface area contributed by atoms with Crippen molar-refractivity contribution in [1.29, 1.82) is 0 Å². The van der Waals surface area contributed by atoms with Gasteiger partial charge in [-0.3, -0.25) is 0 Å². The maximum absolute atomic E-state index is 13.5. The van der Waals surface area contributed by atoms with Crippen molar-refractivity contribution in [2.24, 2.45) is 0 Å². The molecule has 0 radical (unpaired) electrons. The summed E-state index contributed by atoms with van der Waals surface area (Å²) in [6, 6.07) is 4.81. The van der Waals surface area contributed by atoms with Gasteiger partial charge in [-0.25, -0.2) is 13.8 Å². The molecule has 0 atom stereocenters. The van der Waals surface area contributed by atoms with Crippen LogP contribution in [0.25, 0.3) is 0 Å². The Morgan fingerprint density at radius 3 is 2.58 bits per heavy atom. The van der Waals surface area contributed by atoms with Crippen LogP contribution in [0.1, 0.15) is 16.8 Å². The first-order chi connectivity index (χ1) is 9.01. The number of ether oxygens (including phenoxy) is 1. The van der Waals surface area contributed by atoms with Crippen LogP contribution in [0, 0.1) is 25.5 Å². The van der Waals surface area contributed by atoms with Crippen molar-refractivity contribution in [3.8, 4) is 11.6 Å². The number of aromatic nitrogens is 1. The van der Waals surface area contributed by atoms with Crippen LogP contribution in [0.15, 0.2) is 24.3 Å². The molecule has 0 aliphatic carbocycles. The zero-order valence-corrected chi connectivity index (χ0v) is 10.6. The highest BCUT2D eigenvalue weighted by atomic mass is 19.1. The molecule has 3 nitrogen and oxygen atoms in total. The van der Waals surface area contributed by atoms with Gasteiger partial charge in [-0.15, -0.1) is 0 Å². The second kappa shape index (κ2) is 5.32. The predicted molar refractivity (Wildman–Crippen MR) is 66.1 cm³/mol. The lowest BCUT2D eigenvalue weighted by molar-refractivity contribution is 0.273. The van der Waals surface area contributed by atoms with Gasteiger partial charge in [0.1, 0.15) is 5.82 Å². The van der Waals surface area contributed by atoms with Crippen LogP contribution in [0.3, 0.4) is 0 Å². The normalized spacial score (nSPS) is 10.6. The van der Waals surface area contributed by atoms with E-state index in [1.807, 2.05) is 0 Å². The van der Waals surface area contributed by atoms with Crippen molar-refractivity contribution >= 4 is 0 Å². The summed E-state index contributed by atoms with van der Waals surface area (Å²) in [5.41, 5.74) is 1.97. The van der Waals surface area contributed by atoms with E-state index in [1.165, 1.54) is 6.07 Å². The van der Waals surface area contributed by atoms with Gasteiger partial charge in [-0.1, -0.05) is 0 Å². The van der Waals surface area contributed by atoms with Gasteiger partial charge < -0.3 is 9.84 Å². The molecule has 0 fully saturated rings. The lowest BCUT2D eigenvalue weighted by Gasteiger charge is -2.12. The fourth-order valence-electron chi connectivity index (χ4n) is 1.77. The third kappa shape index (κ3) is 2.88. The monoisotopic (exact) mass is 265 g/mol. The molecule has 0 spiro atoms. The summed E-state index contributed by atoms with van der Waals surface area (Å²) in [6.07, 6.45) is 0. The number of halogens is 2. The Morgan fingerprint density at radius 1 is 1.21 bits per heavy atom. The molecule has 0 aliphatic heterocycles. The molecule has 1 aromatic heterocycles. The molecule has 1 N–H and O–H groups in total. The van der Waals surface area contributed by atoms with E-state index in [-0.39, 0.29) is 18.2 Å². The number of rotatable bonds is 3. The first-order valence-electron chi connectivity index (χ1n) is 5.72. The van der Waals surface area contributed by atoms with Crippen molar-refractivity contribution < 1.29 is 18.6 Å². The number of pyridine rings is 1. The van der Waals surface area contributed by atoms with Crippen LogP contribution in [-0.2, 0) is 6.61 Å². The van der Waals surface area contributed by atoms with Crippen molar-refractivity contribution in [3.63, 3.8) is 0 Å². The van der Waals surface area contributed by atoms with Gasteiger partial charge >= 0.3 is 0 Å². The number of hydrogen-bond acceptors (Lipinski definition) is 3. The molecule has 0 aliphatic rings. The minimum absolute atomic E-state index is 0.130. The summed E-state index contributed by atoms with van der Waals surface area (Å²) in [4.78, 5) is 4.12. The number of nitrogens with zero attached hydrogens (tertiary/aromatic N) is 1. The molecule has 0 saturated heterocycles. The van der Waals surface area contributed by atoms with E-state index in [9.17, 15) is 13.9 Å². The van der Waals surface area contributed by atoms with Crippen LogP contribution < -0.4 is 4.74 Å². The quantitative estimate of drug-likeness (QED) is 0.926. The molecule has 19 heavy (non-hydrogen) atoms. The highest BCUT2D eigenvalue weighted by Gasteiger charge is 2.13. The molecule has 5 heteroatoms. The molecule has 0 bridgehead atoms. The Hall–Kier alpha value is -2.01. The second-order valence-corrected chi connectivity index (χ2v) is 4.20. The zero-order chi connectivity index (χ0) is 14.0. The van der Waals surface area contributed by atoms with E-state index in [2.05, 4.69) is 4.98 Å². The van der Waals surface area contributed by atoms with E-state index >= 15 is 0 Å². The molecular formula is C14H13F2NO2. The Bertz CT molecular complexity index is 615. The fourth-order valence-corrected chi connectivity index (χ4v) is 1.77. The average molecular weight is 265 g/mol. The van der Waals surface area contributed by atoms with Crippen molar-refractivity contribution in [3.05, 3.63) is 52.7 Å². The minimum Gasteiger partial charge on any atom is -0.436 e. The number of benzene rings is 1. The Balaban J connectivity index is 2.42. The zero-order valence-electron chi connectivity index (χ0n) is 10.6. The highest BCUT2D eigenvalue weighted by Crippen LogP contribution is 2.28. The van der Waals surface area contributed by atoms with Crippen molar-refractivity contribution in [1.82, 2.24) is 4.98 Å². The average Bonchev–Trinajstić information content (AvgIpc) is 2.32. The SMILES string of the molecule is Cc1cc(C)c(CO)c(Oc2ccc(F)cc2F)n1. The van der Waals surface area contributed by atoms with Crippen LogP contribution in [0.2, 0.25) is 0 Å². The van der Waals surface area contributed by atoms with Crippen molar-refractivity contribution in [2.45, 2.75) is 20.5 Å². The Kier molecular flexibility index (Phi) is 3.76. The number of hydrogen-bond donors (Lipinski definition) is 1. The number of aryl methyl sites for hydroxylation is 2. The summed E-state index contributed by atoms with van der Waals surface area (Å²) >= 11 is 0. The van der Waals surface area contributed by atoms with Crippen molar-refractivity contribution in [2.75, 3.05) is 0 Å². The van der Waals surface area contributed by atoms with E-state index in [4.69, 9.17) is 4.74 Å². The summed E-state index contributed by atoms with van der Waals surface area (Å²) in [5.74, 6) is -1.50. The summed E-state index contributed by atoms with van der Waals surface area (Å²) in [7, 11) is 0. The third-order valence-electron chi connectivity index (χ3n) is 2.70. The molecule has 1 heterocycles. The van der Waals surface area contributed by atoms with Crippen LogP contribution >= 0.6 is 0 Å². The third-order valence-corrected chi connectivity index (χ3v) is 2.70. The Labute approximate surface area is 109 Å². The van der Waals surface area contributed by atoms with Gasteiger partial charge in [-0.2, -0.15) is 0 Å². The first-order valence-corrected chi connectivity index (χ1v) is 5.72. The summed E-state index contributed by atoms with van der Waals surface area (Å²) in [6.45, 7) is 3.30. The number of aliphatic hydroxyl groups excluding tert-OH is 1. The van der Waals surface area contributed by atoms with Gasteiger partial charge in [-0.05, 0) is 37.6 Å². The van der Waals surface area contributed by atoms with Crippen LogP contribution in [0.5, 0.6) is 11.6 Å². The fraction of sp³-hybridized carbons (Fsp3) is 0.214. The Morgan fingerprint density at radius 2 is 1.95 bits per heavy atom. The largest absolute Gasteiger partial charge is 0.436 e. The highest BCUT2D eigenvalue weighted by molar-refractivity contribution is 5.38. The molecule has 2 aromatic rings. The number of aliphatic hydroxyl groups is 1. The van der Waals surface area contributed by atoms with Gasteiger partial charge in [0.15, 0.2) is 11.6 Å². The van der Waals surface area contributed by atoms with Gasteiger partial charge in [0, 0.05) is 17.3 Å². The van der Waals surface area contributed by atoms with E-state index < -0.39 is 11.6 Å². The smallest absolute Gasteiger partial charge is 0.225 e. The molecular weight excluding hydrogens is 252 g/mol. The second-order valence-electron chi connectivity index (χ2n) is 4.20. The van der Waals surface area contributed by atoms with E-state index in [0.29, 0.717) is 11.3 Å². The lowest BCUT2D eigenvalue weighted by Crippen LogP contribution is -2.01. The first kappa shape index (κ1) is 13.4. The molecule has 0 amide bonds. The molecule has 100 valence electrons. The summed E-state index contributed by atoms with van der Waals surface area (Å²) in [5, 5.41) is 9.31. The molecule has 0 unspecified atom stereocenters. The lowest BCUT2D eigenvalue weighted by atomic mass is 10.1. The molecule has 2 rings (SSSR count). The minimum atomic E-state index is -0.815. The van der Waals surface area contributed by atoms with Gasteiger partial charge in [0.25, 0.3) is 0 Å². The maximum atomic E-state index is 13.5. The van der Waals surface area contributed by atoms with Gasteiger partial charge in [0.2, 0.25) is 5.88 Å². The predicted octanol–water partition coefficient (Wildman–Crippen LogP) is 3.26. The van der Waals surface area contributed by atoms with Crippen LogP contribution in [0.4, 0.5) is 8.78 Å². The standard InChI is InChI=1S/C14H13F2NO2/c1-8-5-9(2)17-14(11(8)7-18)19-13-4-3-10(15)6-12(13)16/h3-6,18H,7H2,1-2H3. The molecule has 0 saturated carbocycles. The van der Waals surface area contributed by atoms with Crippen LogP contribution in [-0.4, -0.2) is 10.1 Å². The van der Waals surface area contributed by atoms with Gasteiger partial charge in [0.05, 0.1) is 6.61 Å². The van der Waals surface area contributed by atoms with E-state index in [1.54, 1.807) is 19.9 Å². The topological polar surface area (TPSA) is 42.4 Å². The molecule has 1 aromatic carbocycles. The maximum Gasteiger partial charge on any atom is 0.225 e. The van der Waals surface area contributed by atoms with E-state index in [0.717, 1.165) is 17.7 Å².